The molecule has 0 radical (unpaired) electrons. The number of aromatic nitrogens is 2. The molecule has 1 aromatic carbocycles. The third-order valence-corrected chi connectivity index (χ3v) is 2.87. The Balaban J connectivity index is 2.05. The van der Waals surface area contributed by atoms with E-state index in [0.29, 0.717) is 17.0 Å². The molecule has 0 bridgehead atoms. The van der Waals surface area contributed by atoms with Crippen molar-refractivity contribution in [2.75, 3.05) is 7.05 Å². The molecular formula is C15H16N4O2. The first-order chi connectivity index (χ1) is 10.1. The largest absolute Gasteiger partial charge is 0.355 e. The fourth-order valence-electron chi connectivity index (χ4n) is 1.79. The van der Waals surface area contributed by atoms with Gasteiger partial charge in [-0.25, -0.2) is 9.97 Å². The van der Waals surface area contributed by atoms with Crippen LogP contribution in [0.4, 0.5) is 0 Å². The van der Waals surface area contributed by atoms with Gasteiger partial charge < -0.3 is 10.6 Å². The van der Waals surface area contributed by atoms with Gasteiger partial charge >= 0.3 is 0 Å². The van der Waals surface area contributed by atoms with E-state index in [4.69, 9.17) is 0 Å². The average molecular weight is 284 g/mol. The predicted molar refractivity (Wildman–Crippen MR) is 77.8 cm³/mol. The highest BCUT2D eigenvalue weighted by atomic mass is 16.2. The molecule has 6 nitrogen and oxygen atoms in total. The van der Waals surface area contributed by atoms with Gasteiger partial charge in [-0.3, -0.25) is 9.59 Å². The van der Waals surface area contributed by atoms with Gasteiger partial charge in [-0.2, -0.15) is 0 Å². The minimum absolute atomic E-state index is 0.230. The summed E-state index contributed by atoms with van der Waals surface area (Å²) in [6.07, 6.45) is 1.65. The Kier molecular flexibility index (Phi) is 4.61. The first-order valence-corrected chi connectivity index (χ1v) is 6.49. The van der Waals surface area contributed by atoms with Gasteiger partial charge in [0.15, 0.2) is 0 Å². The van der Waals surface area contributed by atoms with Gasteiger partial charge in [0.25, 0.3) is 11.8 Å². The number of aryl methyl sites for hydroxylation is 1. The molecule has 6 heteroatoms. The second-order valence-corrected chi connectivity index (χ2v) is 4.46. The molecule has 2 amide bonds. The first-order valence-electron chi connectivity index (χ1n) is 6.49. The summed E-state index contributed by atoms with van der Waals surface area (Å²) in [5, 5.41) is 5.25. The molecule has 0 aliphatic carbocycles. The molecule has 0 saturated carbocycles. The molecule has 0 aliphatic heterocycles. The third-order valence-electron chi connectivity index (χ3n) is 2.87. The quantitative estimate of drug-likeness (QED) is 0.879. The summed E-state index contributed by atoms with van der Waals surface area (Å²) in [6.45, 7) is 2.10. The number of nitrogens with zero attached hydrogens (tertiary/aromatic N) is 2. The van der Waals surface area contributed by atoms with Gasteiger partial charge in [0, 0.05) is 30.1 Å². The lowest BCUT2D eigenvalue weighted by Crippen LogP contribution is -2.25. The van der Waals surface area contributed by atoms with E-state index >= 15 is 0 Å². The molecule has 2 aromatic rings. The minimum atomic E-state index is -0.272. The van der Waals surface area contributed by atoms with E-state index in [1.54, 1.807) is 43.6 Å². The maximum Gasteiger partial charge on any atom is 0.251 e. The van der Waals surface area contributed by atoms with Crippen molar-refractivity contribution < 1.29 is 9.59 Å². The second-order valence-electron chi connectivity index (χ2n) is 4.46. The number of carbonyl (C=O) groups excluding carboxylic acids is 2. The van der Waals surface area contributed by atoms with Gasteiger partial charge in [0.2, 0.25) is 0 Å². The fraction of sp³-hybridized carbons (Fsp3) is 0.200. The maximum absolute atomic E-state index is 12.1. The molecule has 0 aliphatic rings. The zero-order valence-corrected chi connectivity index (χ0v) is 11.9. The Morgan fingerprint density at radius 3 is 2.52 bits per heavy atom. The Morgan fingerprint density at radius 1 is 1.14 bits per heavy atom. The van der Waals surface area contributed by atoms with Gasteiger partial charge in [0.05, 0.1) is 6.54 Å². The highest BCUT2D eigenvalue weighted by Gasteiger charge is 2.09. The lowest BCUT2D eigenvalue weighted by atomic mass is 10.1. The minimum Gasteiger partial charge on any atom is -0.355 e. The van der Waals surface area contributed by atoms with Gasteiger partial charge in [-0.1, -0.05) is 6.07 Å². The third kappa shape index (κ3) is 3.85. The smallest absolute Gasteiger partial charge is 0.251 e. The standard InChI is InChI=1S/C15H16N4O2/c1-10-6-7-17-13(19-10)9-18-15(21)12-5-3-4-11(8-12)14(20)16-2/h3-8H,9H2,1-2H3,(H,16,20)(H,18,21). The van der Waals surface area contributed by atoms with Crippen molar-refractivity contribution in [3.8, 4) is 0 Å². The van der Waals surface area contributed by atoms with Gasteiger partial charge in [-0.05, 0) is 31.2 Å². The maximum atomic E-state index is 12.1. The number of amides is 2. The van der Waals surface area contributed by atoms with E-state index in [1.165, 1.54) is 0 Å². The van der Waals surface area contributed by atoms with Crippen LogP contribution in [-0.4, -0.2) is 28.8 Å². The lowest BCUT2D eigenvalue weighted by molar-refractivity contribution is 0.0950. The first kappa shape index (κ1) is 14.6. The Hall–Kier alpha value is -2.76. The number of benzene rings is 1. The van der Waals surface area contributed by atoms with E-state index < -0.39 is 0 Å². The SMILES string of the molecule is CNC(=O)c1cccc(C(=O)NCc2nccc(C)n2)c1. The monoisotopic (exact) mass is 284 g/mol. The van der Waals surface area contributed by atoms with Crippen molar-refractivity contribution in [3.63, 3.8) is 0 Å². The average Bonchev–Trinajstić information content (AvgIpc) is 2.52. The van der Waals surface area contributed by atoms with E-state index in [1.807, 2.05) is 6.92 Å². The van der Waals surface area contributed by atoms with Crippen LogP contribution in [-0.2, 0) is 6.54 Å². The number of hydrogen-bond acceptors (Lipinski definition) is 4. The summed E-state index contributed by atoms with van der Waals surface area (Å²) < 4.78 is 0. The van der Waals surface area contributed by atoms with Crippen molar-refractivity contribution in [2.24, 2.45) is 0 Å². The molecule has 2 N–H and O–H groups in total. The van der Waals surface area contributed by atoms with Crippen LogP contribution in [0.3, 0.4) is 0 Å². The number of rotatable bonds is 4. The zero-order valence-electron chi connectivity index (χ0n) is 11.9. The summed E-state index contributed by atoms with van der Waals surface area (Å²) in [4.78, 5) is 31.9. The molecule has 2 rings (SSSR count). The summed E-state index contributed by atoms with van der Waals surface area (Å²) in [5.41, 5.74) is 1.71. The summed E-state index contributed by atoms with van der Waals surface area (Å²) >= 11 is 0. The molecular weight excluding hydrogens is 268 g/mol. The predicted octanol–water partition coefficient (Wildman–Crippen LogP) is 1.07. The summed E-state index contributed by atoms with van der Waals surface area (Å²) in [6, 6.07) is 8.31. The summed E-state index contributed by atoms with van der Waals surface area (Å²) in [5.74, 6) is 0.0448. The number of hydrogen-bond donors (Lipinski definition) is 2. The van der Waals surface area contributed by atoms with E-state index in [0.717, 1.165) is 5.69 Å². The zero-order chi connectivity index (χ0) is 15.2. The molecule has 108 valence electrons. The summed E-state index contributed by atoms with van der Waals surface area (Å²) in [7, 11) is 1.55. The molecule has 1 aromatic heterocycles. The normalized spacial score (nSPS) is 10.0. The number of nitrogens with one attached hydrogen (secondary N) is 2. The number of carbonyl (C=O) groups is 2. The van der Waals surface area contributed by atoms with Crippen molar-refractivity contribution in [1.29, 1.82) is 0 Å². The molecule has 21 heavy (non-hydrogen) atoms. The topological polar surface area (TPSA) is 84.0 Å². The highest BCUT2D eigenvalue weighted by Crippen LogP contribution is 2.05. The molecule has 0 saturated heterocycles. The second kappa shape index (κ2) is 6.60. The fourth-order valence-corrected chi connectivity index (χ4v) is 1.79. The van der Waals surface area contributed by atoms with Crippen LogP contribution in [0.2, 0.25) is 0 Å². The van der Waals surface area contributed by atoms with Crippen molar-refractivity contribution in [3.05, 3.63) is 59.2 Å². The Labute approximate surface area is 122 Å². The lowest BCUT2D eigenvalue weighted by Gasteiger charge is -2.06. The molecule has 0 atom stereocenters. The Bertz CT molecular complexity index is 670. The van der Waals surface area contributed by atoms with Crippen LogP contribution in [0.1, 0.15) is 32.2 Å². The van der Waals surface area contributed by atoms with Crippen LogP contribution in [0.5, 0.6) is 0 Å². The molecule has 0 spiro atoms. The van der Waals surface area contributed by atoms with Crippen molar-refractivity contribution >= 4 is 11.8 Å². The van der Waals surface area contributed by atoms with E-state index in [-0.39, 0.29) is 18.4 Å². The Morgan fingerprint density at radius 2 is 1.86 bits per heavy atom. The van der Waals surface area contributed by atoms with E-state index in [2.05, 4.69) is 20.6 Å². The van der Waals surface area contributed by atoms with Crippen molar-refractivity contribution in [2.45, 2.75) is 13.5 Å². The van der Waals surface area contributed by atoms with Gasteiger partial charge in [-0.15, -0.1) is 0 Å². The molecule has 0 unspecified atom stereocenters. The van der Waals surface area contributed by atoms with Crippen LogP contribution >= 0.6 is 0 Å². The van der Waals surface area contributed by atoms with Crippen LogP contribution in [0.15, 0.2) is 36.5 Å². The van der Waals surface area contributed by atoms with Crippen LogP contribution < -0.4 is 10.6 Å². The van der Waals surface area contributed by atoms with Crippen LogP contribution in [0.25, 0.3) is 0 Å². The van der Waals surface area contributed by atoms with Crippen LogP contribution in [0, 0.1) is 6.92 Å². The molecule has 0 fully saturated rings. The van der Waals surface area contributed by atoms with Crippen molar-refractivity contribution in [1.82, 2.24) is 20.6 Å². The molecule has 1 heterocycles. The highest BCUT2D eigenvalue weighted by molar-refractivity contribution is 5.99. The van der Waals surface area contributed by atoms with E-state index in [9.17, 15) is 9.59 Å². The van der Waals surface area contributed by atoms with Gasteiger partial charge in [0.1, 0.15) is 5.82 Å².